The number of nitrogens with two attached hydrogens (primary N) is 1. The minimum absolute atomic E-state index is 0.0000954. The molecule has 1 heterocycles. The molecule has 1 fully saturated rings. The molecule has 0 saturated carbocycles. The molecule has 6 nitrogen and oxygen atoms in total. The maximum atomic E-state index is 12.3. The fraction of sp³-hybridized carbons (Fsp3) is 0.684. The summed E-state index contributed by atoms with van der Waals surface area (Å²) in [5.41, 5.74) is 0.101. The third-order valence-corrected chi connectivity index (χ3v) is 6.29. The molecule has 1 aromatic carbocycles. The van der Waals surface area contributed by atoms with E-state index in [9.17, 15) is 8.42 Å². The van der Waals surface area contributed by atoms with Crippen LogP contribution >= 0.6 is 0 Å². The van der Waals surface area contributed by atoms with Crippen LogP contribution in [0.15, 0.2) is 17.0 Å². The van der Waals surface area contributed by atoms with Gasteiger partial charge in [-0.25, -0.2) is 13.6 Å². The van der Waals surface area contributed by atoms with E-state index in [0.717, 1.165) is 12.0 Å². The fourth-order valence-corrected chi connectivity index (χ4v) is 3.72. The van der Waals surface area contributed by atoms with Crippen molar-refractivity contribution in [1.82, 2.24) is 0 Å². The van der Waals surface area contributed by atoms with Crippen molar-refractivity contribution in [2.75, 3.05) is 6.61 Å². The summed E-state index contributed by atoms with van der Waals surface area (Å²) in [6.45, 7) is 14.4. The molecule has 0 radical (unpaired) electrons. The van der Waals surface area contributed by atoms with Gasteiger partial charge in [0, 0.05) is 5.46 Å². The minimum atomic E-state index is -3.98. The van der Waals surface area contributed by atoms with E-state index in [0.29, 0.717) is 30.2 Å². The normalized spacial score (nSPS) is 18.9. The molecule has 0 aliphatic carbocycles. The third-order valence-electron chi connectivity index (χ3n) is 5.34. The molecule has 1 aromatic rings. The van der Waals surface area contributed by atoms with Crippen molar-refractivity contribution < 1.29 is 22.5 Å². The first kappa shape index (κ1) is 22.2. The smallest absolute Gasteiger partial charge is 0.494 e. The monoisotopic (exact) mass is 397 g/mol. The molecule has 2 N–H and O–H groups in total. The van der Waals surface area contributed by atoms with E-state index in [4.69, 9.17) is 19.2 Å². The van der Waals surface area contributed by atoms with E-state index in [1.807, 2.05) is 40.7 Å². The number of sulfonamides is 1. The summed E-state index contributed by atoms with van der Waals surface area (Å²) in [6, 6.07) is 3.34. The Morgan fingerprint density at radius 2 is 1.70 bits per heavy atom. The highest BCUT2D eigenvalue weighted by atomic mass is 32.2. The molecule has 0 unspecified atom stereocenters. The van der Waals surface area contributed by atoms with Gasteiger partial charge in [-0.2, -0.15) is 0 Å². The Bertz CT molecular complexity index is 774. The first-order valence-corrected chi connectivity index (χ1v) is 11.0. The first-order chi connectivity index (χ1) is 12.3. The van der Waals surface area contributed by atoms with Crippen LogP contribution in [-0.2, 0) is 25.8 Å². The van der Waals surface area contributed by atoms with Gasteiger partial charge in [0.25, 0.3) is 0 Å². The van der Waals surface area contributed by atoms with Gasteiger partial charge in [-0.1, -0.05) is 20.8 Å². The predicted molar refractivity (Wildman–Crippen MR) is 108 cm³/mol. The molecule has 1 saturated heterocycles. The van der Waals surface area contributed by atoms with Crippen LogP contribution in [0.4, 0.5) is 0 Å². The lowest BCUT2D eigenvalue weighted by atomic mass is 9.75. The minimum Gasteiger partial charge on any atom is -0.494 e. The lowest BCUT2D eigenvalue weighted by molar-refractivity contribution is 0.00578. The molecule has 0 bridgehead atoms. The molecule has 1 aliphatic rings. The summed E-state index contributed by atoms with van der Waals surface area (Å²) in [6.07, 6.45) is 1.48. The lowest BCUT2D eigenvalue weighted by Gasteiger charge is -2.32. The largest absolute Gasteiger partial charge is 0.496 e. The van der Waals surface area contributed by atoms with E-state index in [-0.39, 0.29) is 4.90 Å². The summed E-state index contributed by atoms with van der Waals surface area (Å²) in [5.74, 6) is 0.995. The van der Waals surface area contributed by atoms with Gasteiger partial charge >= 0.3 is 7.12 Å². The molecular weight excluding hydrogens is 365 g/mol. The van der Waals surface area contributed by atoms with Crippen molar-refractivity contribution in [3.63, 3.8) is 0 Å². The van der Waals surface area contributed by atoms with Crippen molar-refractivity contribution in [2.45, 2.75) is 77.4 Å². The second-order valence-electron chi connectivity index (χ2n) is 8.51. The van der Waals surface area contributed by atoms with E-state index in [1.54, 1.807) is 0 Å². The second kappa shape index (κ2) is 7.74. The van der Waals surface area contributed by atoms with Crippen LogP contribution in [0.1, 0.15) is 60.5 Å². The topological polar surface area (TPSA) is 87.9 Å². The number of rotatable bonds is 7. The molecular formula is C19H32BNO5S. The van der Waals surface area contributed by atoms with Crippen LogP contribution in [-0.4, -0.2) is 33.3 Å². The molecule has 27 heavy (non-hydrogen) atoms. The summed E-state index contributed by atoms with van der Waals surface area (Å²) < 4.78 is 42.7. The van der Waals surface area contributed by atoms with Gasteiger partial charge in [0.2, 0.25) is 10.0 Å². The van der Waals surface area contributed by atoms with Crippen molar-refractivity contribution in [3.05, 3.63) is 17.7 Å². The van der Waals surface area contributed by atoms with E-state index < -0.39 is 28.3 Å². The summed E-state index contributed by atoms with van der Waals surface area (Å²) in [5, 5.41) is 5.54. The summed E-state index contributed by atoms with van der Waals surface area (Å²) >= 11 is 0. The van der Waals surface area contributed by atoms with Crippen LogP contribution in [0.3, 0.4) is 0 Å². The zero-order chi connectivity index (χ0) is 20.6. The van der Waals surface area contributed by atoms with Crippen LogP contribution in [0.2, 0.25) is 0 Å². The Hall–Kier alpha value is -1.09. The zero-order valence-corrected chi connectivity index (χ0v) is 18.3. The molecule has 0 amide bonds. The van der Waals surface area contributed by atoms with Gasteiger partial charge in [0.1, 0.15) is 5.75 Å². The number of ether oxygens (including phenoxy) is 1. The molecule has 152 valence electrons. The Labute approximate surface area is 164 Å². The third kappa shape index (κ3) is 4.85. The van der Waals surface area contributed by atoms with Crippen molar-refractivity contribution >= 4 is 22.6 Å². The predicted octanol–water partition coefficient (Wildman–Crippen LogP) is 2.62. The van der Waals surface area contributed by atoms with Crippen LogP contribution < -0.4 is 15.3 Å². The molecule has 2 rings (SSSR count). The molecule has 0 spiro atoms. The van der Waals surface area contributed by atoms with Crippen LogP contribution in [0, 0.1) is 5.92 Å². The summed E-state index contributed by atoms with van der Waals surface area (Å²) in [4.78, 5) is -0.0000954. The fourth-order valence-electron chi connectivity index (χ4n) is 2.91. The van der Waals surface area contributed by atoms with Gasteiger partial charge in [-0.3, -0.25) is 0 Å². The Morgan fingerprint density at radius 1 is 1.15 bits per heavy atom. The average molecular weight is 397 g/mol. The van der Waals surface area contributed by atoms with Gasteiger partial charge in [0.05, 0.1) is 22.7 Å². The van der Waals surface area contributed by atoms with Crippen molar-refractivity contribution in [3.8, 4) is 5.75 Å². The molecule has 8 heteroatoms. The van der Waals surface area contributed by atoms with E-state index in [1.165, 1.54) is 6.07 Å². The van der Waals surface area contributed by atoms with Crippen molar-refractivity contribution in [1.29, 1.82) is 0 Å². The van der Waals surface area contributed by atoms with Crippen LogP contribution in [0.5, 0.6) is 5.75 Å². The Morgan fingerprint density at radius 3 is 2.15 bits per heavy atom. The average Bonchev–Trinajstić information content (AvgIpc) is 2.73. The highest BCUT2D eigenvalue weighted by Gasteiger charge is 2.53. The SMILES string of the molecule is CCc1cc(OCCC(C)C)cc(S(N)(=O)=O)c1B1OC(C)(C)C(C)(C)O1. The van der Waals surface area contributed by atoms with Gasteiger partial charge in [0.15, 0.2) is 0 Å². The number of hydrogen-bond donors (Lipinski definition) is 1. The zero-order valence-electron chi connectivity index (χ0n) is 17.5. The van der Waals surface area contributed by atoms with Gasteiger partial charge in [-0.05, 0) is 64.2 Å². The maximum Gasteiger partial charge on any atom is 0.496 e. The Balaban J connectivity index is 2.50. The molecule has 0 atom stereocenters. The standard InChI is InChI=1S/C19H32BNO5S/c1-8-14-11-15(24-10-9-13(2)3)12-16(27(21,22)23)17(14)20-25-18(4,5)19(6,7)26-20/h11-13H,8-10H2,1-7H3,(H2,21,22,23). The highest BCUT2D eigenvalue weighted by molar-refractivity contribution is 7.89. The van der Waals surface area contributed by atoms with Gasteiger partial charge < -0.3 is 14.0 Å². The number of aryl methyl sites for hydroxylation is 1. The highest BCUT2D eigenvalue weighted by Crippen LogP contribution is 2.37. The van der Waals surface area contributed by atoms with Crippen LogP contribution in [0.25, 0.3) is 0 Å². The van der Waals surface area contributed by atoms with E-state index >= 15 is 0 Å². The molecule has 0 aromatic heterocycles. The number of primary sulfonamides is 1. The number of benzene rings is 1. The summed E-state index contributed by atoms with van der Waals surface area (Å²) in [7, 11) is -4.78. The lowest BCUT2D eigenvalue weighted by Crippen LogP contribution is -2.41. The Kier molecular flexibility index (Phi) is 6.36. The van der Waals surface area contributed by atoms with Gasteiger partial charge in [-0.15, -0.1) is 0 Å². The molecule has 1 aliphatic heterocycles. The number of hydrogen-bond acceptors (Lipinski definition) is 5. The quantitative estimate of drug-likeness (QED) is 0.715. The van der Waals surface area contributed by atoms with E-state index in [2.05, 4.69) is 13.8 Å². The maximum absolute atomic E-state index is 12.3. The second-order valence-corrected chi connectivity index (χ2v) is 10.0. The first-order valence-electron chi connectivity index (χ1n) is 9.46. The van der Waals surface area contributed by atoms with Crippen molar-refractivity contribution in [2.24, 2.45) is 11.1 Å².